The first-order valence-electron chi connectivity index (χ1n) is 7.85. The molecule has 0 aliphatic rings. The lowest BCUT2D eigenvalue weighted by atomic mass is 10.2. The molecule has 3 rings (SSSR count). The van der Waals surface area contributed by atoms with Crippen LogP contribution in [0.1, 0.15) is 21.6 Å². The Balaban J connectivity index is 1.80. The maximum atomic E-state index is 12.5. The topological polar surface area (TPSA) is 93.1 Å². The number of benzene rings is 2. The molecule has 0 saturated carbocycles. The van der Waals surface area contributed by atoms with Crippen LogP contribution in [0.5, 0.6) is 0 Å². The number of carbonyl (C=O) groups is 1. The number of nitrogens with one attached hydrogen (secondary N) is 2. The molecular formula is C18H18N4O3S. The van der Waals surface area contributed by atoms with Crippen molar-refractivity contribution in [3.8, 4) is 5.69 Å². The number of hydrogen-bond donors (Lipinski definition) is 2. The van der Waals surface area contributed by atoms with Gasteiger partial charge in [0.05, 0.1) is 17.4 Å². The SMILES string of the molecule is Cc1ccc(C)c(S(=O)(=O)NNC(=O)c2cncn2-c2ccccc2)c1. The van der Waals surface area contributed by atoms with E-state index in [4.69, 9.17) is 0 Å². The Morgan fingerprint density at radius 3 is 2.54 bits per heavy atom. The van der Waals surface area contributed by atoms with Crippen molar-refractivity contribution in [3.63, 3.8) is 0 Å². The van der Waals surface area contributed by atoms with Gasteiger partial charge in [0.15, 0.2) is 0 Å². The number of hydrogen-bond acceptors (Lipinski definition) is 4. The first-order chi connectivity index (χ1) is 12.4. The van der Waals surface area contributed by atoms with Gasteiger partial charge < -0.3 is 0 Å². The van der Waals surface area contributed by atoms with Crippen LogP contribution in [0.2, 0.25) is 0 Å². The maximum Gasteiger partial charge on any atom is 0.284 e. The predicted octanol–water partition coefficient (Wildman–Crippen LogP) is 2.11. The van der Waals surface area contributed by atoms with Gasteiger partial charge in [-0.15, -0.1) is 4.83 Å². The number of sulfonamides is 1. The molecule has 0 aliphatic carbocycles. The first-order valence-corrected chi connectivity index (χ1v) is 9.34. The van der Waals surface area contributed by atoms with Gasteiger partial charge in [-0.05, 0) is 43.2 Å². The number of aromatic nitrogens is 2. The van der Waals surface area contributed by atoms with Gasteiger partial charge in [0.1, 0.15) is 5.69 Å². The molecule has 0 spiro atoms. The largest absolute Gasteiger partial charge is 0.295 e. The second kappa shape index (κ2) is 7.11. The molecule has 1 amide bonds. The van der Waals surface area contributed by atoms with E-state index in [1.165, 1.54) is 12.5 Å². The minimum absolute atomic E-state index is 0.120. The fourth-order valence-corrected chi connectivity index (χ4v) is 3.66. The second-order valence-corrected chi connectivity index (χ2v) is 7.46. The molecule has 8 heteroatoms. The third-order valence-electron chi connectivity index (χ3n) is 3.84. The van der Waals surface area contributed by atoms with E-state index < -0.39 is 15.9 Å². The summed E-state index contributed by atoms with van der Waals surface area (Å²) in [5.74, 6) is -0.611. The smallest absolute Gasteiger partial charge is 0.284 e. The van der Waals surface area contributed by atoms with E-state index in [-0.39, 0.29) is 10.6 Å². The maximum absolute atomic E-state index is 12.5. The van der Waals surface area contributed by atoms with Crippen molar-refractivity contribution in [2.45, 2.75) is 18.7 Å². The molecule has 2 N–H and O–H groups in total. The van der Waals surface area contributed by atoms with Crippen molar-refractivity contribution in [1.29, 1.82) is 0 Å². The Kier molecular flexibility index (Phi) is 4.88. The number of amides is 1. The van der Waals surface area contributed by atoms with E-state index in [0.29, 0.717) is 5.56 Å². The normalized spacial score (nSPS) is 11.3. The molecule has 0 radical (unpaired) electrons. The van der Waals surface area contributed by atoms with Gasteiger partial charge in [-0.25, -0.2) is 13.4 Å². The monoisotopic (exact) mass is 370 g/mol. The molecule has 7 nitrogen and oxygen atoms in total. The molecule has 26 heavy (non-hydrogen) atoms. The van der Waals surface area contributed by atoms with Crippen LogP contribution in [0.25, 0.3) is 5.69 Å². The Hall–Kier alpha value is -2.97. The Labute approximate surface area is 151 Å². The third kappa shape index (κ3) is 3.66. The molecule has 0 atom stereocenters. The van der Waals surface area contributed by atoms with Crippen LogP contribution in [-0.2, 0) is 10.0 Å². The molecule has 2 aromatic carbocycles. The van der Waals surface area contributed by atoms with E-state index in [2.05, 4.69) is 15.2 Å². The lowest BCUT2D eigenvalue weighted by molar-refractivity contribution is 0.0938. The summed E-state index contributed by atoms with van der Waals surface area (Å²) in [5.41, 5.74) is 4.59. The number of imidazole rings is 1. The Morgan fingerprint density at radius 2 is 1.81 bits per heavy atom. The molecule has 0 saturated heterocycles. The summed E-state index contributed by atoms with van der Waals surface area (Å²) in [6, 6.07) is 14.3. The Morgan fingerprint density at radius 1 is 1.08 bits per heavy atom. The van der Waals surface area contributed by atoms with Crippen LogP contribution in [0.4, 0.5) is 0 Å². The average molecular weight is 370 g/mol. The van der Waals surface area contributed by atoms with Crippen LogP contribution >= 0.6 is 0 Å². The first kappa shape index (κ1) is 17.8. The van der Waals surface area contributed by atoms with Crippen LogP contribution in [0.15, 0.2) is 66.0 Å². The van der Waals surface area contributed by atoms with Crippen LogP contribution in [0, 0.1) is 13.8 Å². The quantitative estimate of drug-likeness (QED) is 0.673. The number of para-hydroxylation sites is 1. The number of aryl methyl sites for hydroxylation is 2. The summed E-state index contributed by atoms with van der Waals surface area (Å²) in [4.78, 5) is 18.7. The van der Waals surface area contributed by atoms with Crippen molar-refractivity contribution < 1.29 is 13.2 Å². The van der Waals surface area contributed by atoms with Crippen molar-refractivity contribution in [1.82, 2.24) is 19.8 Å². The highest BCUT2D eigenvalue weighted by Crippen LogP contribution is 2.16. The summed E-state index contributed by atoms with van der Waals surface area (Å²) >= 11 is 0. The van der Waals surface area contributed by atoms with E-state index in [1.54, 1.807) is 30.5 Å². The zero-order valence-corrected chi connectivity index (χ0v) is 15.1. The number of carbonyl (C=O) groups excluding carboxylic acids is 1. The minimum Gasteiger partial charge on any atom is -0.295 e. The highest BCUT2D eigenvalue weighted by Gasteiger charge is 2.20. The van der Waals surface area contributed by atoms with Gasteiger partial charge in [0.25, 0.3) is 15.9 Å². The molecular weight excluding hydrogens is 352 g/mol. The van der Waals surface area contributed by atoms with Gasteiger partial charge in [-0.2, -0.15) is 0 Å². The lowest BCUT2D eigenvalue weighted by Gasteiger charge is -2.12. The highest BCUT2D eigenvalue weighted by atomic mass is 32.2. The van der Waals surface area contributed by atoms with Crippen molar-refractivity contribution in [3.05, 3.63) is 77.9 Å². The molecule has 0 unspecified atom stereocenters. The fraction of sp³-hybridized carbons (Fsp3) is 0.111. The van der Waals surface area contributed by atoms with Crippen LogP contribution in [-0.4, -0.2) is 23.9 Å². The van der Waals surface area contributed by atoms with Gasteiger partial charge >= 0.3 is 0 Å². The fourth-order valence-electron chi connectivity index (χ4n) is 2.49. The number of rotatable bonds is 5. The van der Waals surface area contributed by atoms with Crippen LogP contribution in [0.3, 0.4) is 0 Å². The standard InChI is InChI=1S/C18H18N4O3S/c1-13-8-9-14(2)17(10-13)26(24,25)21-20-18(23)16-11-19-12-22(16)15-6-4-3-5-7-15/h3-12,21H,1-2H3,(H,20,23). The molecule has 0 aliphatic heterocycles. The molecule has 1 aromatic heterocycles. The van der Waals surface area contributed by atoms with E-state index in [1.807, 2.05) is 36.4 Å². The van der Waals surface area contributed by atoms with Crippen molar-refractivity contribution in [2.24, 2.45) is 0 Å². The molecule has 3 aromatic rings. The molecule has 0 fully saturated rings. The van der Waals surface area contributed by atoms with Crippen LogP contribution < -0.4 is 10.3 Å². The van der Waals surface area contributed by atoms with E-state index in [0.717, 1.165) is 11.3 Å². The zero-order chi connectivity index (χ0) is 18.7. The zero-order valence-electron chi connectivity index (χ0n) is 14.3. The van der Waals surface area contributed by atoms with Gasteiger partial charge in [0, 0.05) is 5.69 Å². The third-order valence-corrected chi connectivity index (χ3v) is 5.23. The summed E-state index contributed by atoms with van der Waals surface area (Å²) < 4.78 is 26.5. The summed E-state index contributed by atoms with van der Waals surface area (Å²) in [7, 11) is -3.89. The van der Waals surface area contributed by atoms with E-state index in [9.17, 15) is 13.2 Å². The second-order valence-electron chi connectivity index (χ2n) is 5.81. The lowest BCUT2D eigenvalue weighted by Crippen LogP contribution is -2.42. The summed E-state index contributed by atoms with van der Waals surface area (Å²) in [6.45, 7) is 3.50. The van der Waals surface area contributed by atoms with Gasteiger partial charge in [-0.3, -0.25) is 14.8 Å². The van der Waals surface area contributed by atoms with Crippen molar-refractivity contribution in [2.75, 3.05) is 0 Å². The van der Waals surface area contributed by atoms with Gasteiger partial charge in [-0.1, -0.05) is 30.3 Å². The van der Waals surface area contributed by atoms with Crippen molar-refractivity contribution >= 4 is 15.9 Å². The van der Waals surface area contributed by atoms with Gasteiger partial charge in [0.2, 0.25) is 0 Å². The summed E-state index contributed by atoms with van der Waals surface area (Å²) in [5, 5.41) is 0. The highest BCUT2D eigenvalue weighted by molar-refractivity contribution is 7.89. The minimum atomic E-state index is -3.89. The molecule has 1 heterocycles. The number of hydrazine groups is 1. The number of nitrogens with zero attached hydrogens (tertiary/aromatic N) is 2. The Bertz CT molecular complexity index is 1040. The molecule has 134 valence electrons. The average Bonchev–Trinajstić information content (AvgIpc) is 3.12. The molecule has 0 bridgehead atoms. The summed E-state index contributed by atoms with van der Waals surface area (Å²) in [6.07, 6.45) is 2.86. The predicted molar refractivity (Wildman–Crippen MR) is 97.3 cm³/mol. The van der Waals surface area contributed by atoms with E-state index >= 15 is 0 Å².